The maximum absolute atomic E-state index is 14.0. The number of rotatable bonds is 8. The molecular weight excluding hydrogens is 498 g/mol. The molecule has 0 aliphatic heterocycles. The summed E-state index contributed by atoms with van der Waals surface area (Å²) in [6.45, 7) is 5.10. The molecule has 1 aliphatic carbocycles. The van der Waals surface area contributed by atoms with Crippen molar-refractivity contribution in [1.82, 2.24) is 15.5 Å². The van der Waals surface area contributed by atoms with E-state index in [1.54, 1.807) is 45.0 Å². The first-order valence-electron chi connectivity index (χ1n) is 13.1. The molecule has 2 aromatic carbocycles. The molecule has 0 radical (unpaired) electrons. The molecule has 0 bridgehead atoms. The molecule has 9 nitrogen and oxygen atoms in total. The highest BCUT2D eigenvalue weighted by Crippen LogP contribution is 2.27. The topological polar surface area (TPSA) is 128 Å². The van der Waals surface area contributed by atoms with E-state index in [0.29, 0.717) is 11.1 Å². The summed E-state index contributed by atoms with van der Waals surface area (Å²) in [5.41, 5.74) is 0.154. The van der Waals surface area contributed by atoms with E-state index >= 15 is 0 Å². The zero-order chi connectivity index (χ0) is 28.6. The third-order valence-corrected chi connectivity index (χ3v) is 6.39. The number of phenols is 2. The lowest BCUT2D eigenvalue weighted by molar-refractivity contribution is -0.139. The van der Waals surface area contributed by atoms with Crippen molar-refractivity contribution in [2.45, 2.75) is 83.0 Å². The lowest BCUT2D eigenvalue weighted by Crippen LogP contribution is -2.53. The Bertz CT molecular complexity index is 1190. The van der Waals surface area contributed by atoms with Crippen LogP contribution in [0, 0.1) is 12.5 Å². The molecule has 1 fully saturated rings. The van der Waals surface area contributed by atoms with Gasteiger partial charge in [0.15, 0.2) is 0 Å². The van der Waals surface area contributed by atoms with E-state index in [4.69, 9.17) is 11.2 Å². The fraction of sp³-hybridized carbons (Fsp3) is 0.433. The second kappa shape index (κ2) is 13.1. The monoisotopic (exact) mass is 535 g/mol. The molecule has 0 spiro atoms. The first-order chi connectivity index (χ1) is 18.5. The zero-order valence-electron chi connectivity index (χ0n) is 22.6. The molecule has 2 unspecified atom stereocenters. The van der Waals surface area contributed by atoms with Gasteiger partial charge in [-0.3, -0.25) is 14.5 Å². The van der Waals surface area contributed by atoms with E-state index < -0.39 is 35.6 Å². The first-order valence-corrected chi connectivity index (χ1v) is 13.1. The number of nitrogens with one attached hydrogen (secondary N) is 2. The van der Waals surface area contributed by atoms with Gasteiger partial charge in [-0.05, 0) is 69.0 Å². The summed E-state index contributed by atoms with van der Waals surface area (Å²) in [4.78, 5) is 41.3. The van der Waals surface area contributed by atoms with Crippen molar-refractivity contribution in [1.29, 1.82) is 0 Å². The van der Waals surface area contributed by atoms with Crippen molar-refractivity contribution in [3.8, 4) is 24.0 Å². The fourth-order valence-corrected chi connectivity index (χ4v) is 4.59. The smallest absolute Gasteiger partial charge is 0.408 e. The van der Waals surface area contributed by atoms with Crippen LogP contribution in [0.15, 0.2) is 48.5 Å². The van der Waals surface area contributed by atoms with Gasteiger partial charge in [-0.1, -0.05) is 50.0 Å². The molecule has 2 atom stereocenters. The van der Waals surface area contributed by atoms with Crippen molar-refractivity contribution >= 4 is 17.9 Å². The number of nitrogens with zero attached hydrogens (tertiary/aromatic N) is 1. The Hall–Kier alpha value is -4.19. The van der Waals surface area contributed by atoms with Crippen molar-refractivity contribution in [3.05, 3.63) is 59.7 Å². The van der Waals surface area contributed by atoms with Gasteiger partial charge in [0.25, 0.3) is 5.91 Å². The van der Waals surface area contributed by atoms with Crippen LogP contribution in [0.5, 0.6) is 11.5 Å². The number of carbonyl (C=O) groups excluding carboxylic acids is 3. The van der Waals surface area contributed by atoms with E-state index in [2.05, 4.69) is 16.7 Å². The van der Waals surface area contributed by atoms with Gasteiger partial charge in [0.2, 0.25) is 5.91 Å². The minimum Gasteiger partial charge on any atom is -0.508 e. The standard InChI is InChI=1S/C30H37N3O6/c1-5-33(26(21-10-9-13-24(35)19-21)27(36)31-22-11-7-6-8-12-22)28(37)25(32-29(38)39-30(2,3)4)18-20-14-16-23(34)17-15-20/h1,9-10,13-17,19,22,25-26,34-35H,6-8,11-12,18H2,2-4H3,(H,31,36)(H,32,38). The summed E-state index contributed by atoms with van der Waals surface area (Å²) >= 11 is 0. The molecule has 3 amide bonds. The van der Waals surface area contributed by atoms with E-state index in [1.165, 1.54) is 24.3 Å². The van der Waals surface area contributed by atoms with Crippen LogP contribution in [-0.4, -0.2) is 50.7 Å². The van der Waals surface area contributed by atoms with Crippen LogP contribution in [0.25, 0.3) is 0 Å². The molecule has 208 valence electrons. The van der Waals surface area contributed by atoms with Crippen LogP contribution >= 0.6 is 0 Å². The molecule has 0 aromatic heterocycles. The number of amides is 3. The predicted octanol–water partition coefficient (Wildman–Crippen LogP) is 4.14. The number of terminal acetylenes is 1. The maximum atomic E-state index is 14.0. The van der Waals surface area contributed by atoms with Crippen LogP contribution in [0.3, 0.4) is 0 Å². The Labute approximate surface area is 229 Å². The zero-order valence-corrected chi connectivity index (χ0v) is 22.6. The number of carbonyl (C=O) groups is 3. The van der Waals surface area contributed by atoms with E-state index in [9.17, 15) is 24.6 Å². The first kappa shape index (κ1) is 29.4. The van der Waals surface area contributed by atoms with Gasteiger partial charge in [0.1, 0.15) is 29.2 Å². The maximum Gasteiger partial charge on any atom is 0.408 e. The van der Waals surface area contributed by atoms with Gasteiger partial charge in [0.05, 0.1) is 0 Å². The quantitative estimate of drug-likeness (QED) is 0.297. The molecule has 39 heavy (non-hydrogen) atoms. The van der Waals surface area contributed by atoms with Crippen LogP contribution in [0.4, 0.5) is 4.79 Å². The Morgan fingerprint density at radius 3 is 2.31 bits per heavy atom. The third kappa shape index (κ3) is 8.67. The highest BCUT2D eigenvalue weighted by molar-refractivity contribution is 5.93. The van der Waals surface area contributed by atoms with E-state index in [1.807, 2.05) is 0 Å². The SMILES string of the molecule is C#CN(C(=O)C(Cc1ccc(O)cc1)NC(=O)OC(C)(C)C)C(C(=O)NC1CCCCC1)c1cccc(O)c1. The number of hydrogen-bond acceptors (Lipinski definition) is 6. The predicted molar refractivity (Wildman–Crippen MR) is 147 cm³/mol. The Balaban J connectivity index is 1.96. The van der Waals surface area contributed by atoms with Crippen LogP contribution in [0.1, 0.15) is 70.0 Å². The van der Waals surface area contributed by atoms with Crippen molar-refractivity contribution in [2.24, 2.45) is 0 Å². The molecule has 2 aromatic rings. The van der Waals surface area contributed by atoms with Gasteiger partial charge in [-0.25, -0.2) is 4.79 Å². The molecule has 1 aliphatic rings. The van der Waals surface area contributed by atoms with Gasteiger partial charge < -0.3 is 25.6 Å². The molecule has 3 rings (SSSR count). The summed E-state index contributed by atoms with van der Waals surface area (Å²) in [7, 11) is 0. The average Bonchev–Trinajstić information content (AvgIpc) is 2.87. The van der Waals surface area contributed by atoms with Gasteiger partial charge in [-0.15, -0.1) is 0 Å². The van der Waals surface area contributed by atoms with E-state index in [-0.39, 0.29) is 24.0 Å². The van der Waals surface area contributed by atoms with Crippen LogP contribution in [0.2, 0.25) is 0 Å². The largest absolute Gasteiger partial charge is 0.508 e. The van der Waals surface area contributed by atoms with Crippen LogP contribution < -0.4 is 10.6 Å². The van der Waals surface area contributed by atoms with Gasteiger partial charge in [-0.2, -0.15) is 0 Å². The fourth-order valence-electron chi connectivity index (χ4n) is 4.59. The van der Waals surface area contributed by atoms with E-state index in [0.717, 1.165) is 37.0 Å². The lowest BCUT2D eigenvalue weighted by atomic mass is 9.94. The molecule has 9 heteroatoms. The number of phenolic OH excluding ortho intramolecular Hbond substituents is 2. The summed E-state index contributed by atoms with van der Waals surface area (Å²) in [6, 6.07) is 12.1. The second-order valence-electron chi connectivity index (χ2n) is 10.7. The molecule has 1 saturated carbocycles. The number of hydrogen-bond donors (Lipinski definition) is 4. The van der Waals surface area contributed by atoms with Crippen LogP contribution in [-0.2, 0) is 20.7 Å². The number of aromatic hydroxyl groups is 2. The Kier molecular flexibility index (Phi) is 9.83. The second-order valence-corrected chi connectivity index (χ2v) is 10.7. The normalized spacial score (nSPS) is 15.3. The van der Waals surface area contributed by atoms with Crippen molar-refractivity contribution < 1.29 is 29.3 Å². The average molecular weight is 536 g/mol. The summed E-state index contributed by atoms with van der Waals surface area (Å²) in [5, 5.41) is 25.4. The lowest BCUT2D eigenvalue weighted by Gasteiger charge is -2.32. The number of alkyl carbamates (subject to hydrolysis) is 1. The molecule has 0 saturated heterocycles. The van der Waals surface area contributed by atoms with Crippen molar-refractivity contribution in [2.75, 3.05) is 0 Å². The number of ether oxygens (including phenoxy) is 1. The summed E-state index contributed by atoms with van der Waals surface area (Å²) < 4.78 is 5.37. The highest BCUT2D eigenvalue weighted by Gasteiger charge is 2.37. The van der Waals surface area contributed by atoms with Gasteiger partial charge in [0, 0.05) is 18.5 Å². The third-order valence-electron chi connectivity index (χ3n) is 6.39. The molecule has 0 heterocycles. The van der Waals surface area contributed by atoms with Crippen molar-refractivity contribution in [3.63, 3.8) is 0 Å². The minimum absolute atomic E-state index is 0.0214. The van der Waals surface area contributed by atoms with Gasteiger partial charge >= 0.3 is 6.09 Å². The number of benzene rings is 2. The molecule has 4 N–H and O–H groups in total. The Morgan fingerprint density at radius 1 is 1.05 bits per heavy atom. The Morgan fingerprint density at radius 2 is 1.72 bits per heavy atom. The summed E-state index contributed by atoms with van der Waals surface area (Å²) in [6.07, 6.45) is 9.78. The highest BCUT2D eigenvalue weighted by atomic mass is 16.6. The minimum atomic E-state index is -1.25. The molecular formula is C30H37N3O6. The summed E-state index contributed by atoms with van der Waals surface area (Å²) in [5.74, 6) is -1.21.